The van der Waals surface area contributed by atoms with Gasteiger partial charge < -0.3 is 4.74 Å². The van der Waals surface area contributed by atoms with Gasteiger partial charge in [-0.15, -0.1) is 16.7 Å². The molecule has 132 valence electrons. The molecule has 0 aliphatic heterocycles. The zero-order valence-electron chi connectivity index (χ0n) is 13.4. The van der Waals surface area contributed by atoms with Crippen molar-refractivity contribution in [3.05, 3.63) is 41.5 Å². The number of rotatable bonds is 5. The van der Waals surface area contributed by atoms with Crippen LogP contribution in [-0.4, -0.2) is 33.5 Å². The van der Waals surface area contributed by atoms with Gasteiger partial charge >= 0.3 is 6.18 Å². The SMILES string of the molecule is CC.COc1ccc(Cn2nc(C(F)(F)F)nc2C(=O)CCl)cc1. The van der Waals surface area contributed by atoms with Crippen molar-refractivity contribution >= 4 is 17.4 Å². The minimum Gasteiger partial charge on any atom is -0.497 e. The maximum Gasteiger partial charge on any atom is 0.453 e. The van der Waals surface area contributed by atoms with E-state index in [0.29, 0.717) is 11.3 Å². The summed E-state index contributed by atoms with van der Waals surface area (Å²) in [6, 6.07) is 6.62. The molecule has 0 amide bonds. The van der Waals surface area contributed by atoms with Crippen molar-refractivity contribution < 1.29 is 22.7 Å². The maximum atomic E-state index is 12.7. The molecule has 1 heterocycles. The zero-order valence-corrected chi connectivity index (χ0v) is 14.1. The van der Waals surface area contributed by atoms with E-state index >= 15 is 0 Å². The Labute approximate surface area is 142 Å². The van der Waals surface area contributed by atoms with Crippen molar-refractivity contribution in [2.45, 2.75) is 26.6 Å². The van der Waals surface area contributed by atoms with E-state index in [4.69, 9.17) is 16.3 Å². The number of ketones is 1. The van der Waals surface area contributed by atoms with Crippen molar-refractivity contribution in [1.29, 1.82) is 0 Å². The summed E-state index contributed by atoms with van der Waals surface area (Å²) in [7, 11) is 1.50. The van der Waals surface area contributed by atoms with E-state index in [1.807, 2.05) is 13.8 Å². The van der Waals surface area contributed by atoms with Crippen molar-refractivity contribution in [1.82, 2.24) is 14.8 Å². The van der Waals surface area contributed by atoms with Crippen molar-refractivity contribution in [3.8, 4) is 5.75 Å². The van der Waals surface area contributed by atoms with Crippen LogP contribution in [0.15, 0.2) is 24.3 Å². The van der Waals surface area contributed by atoms with Crippen molar-refractivity contribution in [3.63, 3.8) is 0 Å². The summed E-state index contributed by atoms with van der Waals surface area (Å²) >= 11 is 5.40. The first-order valence-corrected chi connectivity index (χ1v) is 7.62. The number of hydrogen-bond donors (Lipinski definition) is 0. The van der Waals surface area contributed by atoms with Crippen LogP contribution in [0.5, 0.6) is 5.75 Å². The molecular formula is C15H17ClF3N3O2. The van der Waals surface area contributed by atoms with Crippen LogP contribution in [-0.2, 0) is 12.7 Å². The summed E-state index contributed by atoms with van der Waals surface area (Å²) in [5, 5.41) is 3.36. The number of aromatic nitrogens is 3. The Hall–Kier alpha value is -2.09. The van der Waals surface area contributed by atoms with Gasteiger partial charge in [0.2, 0.25) is 5.78 Å². The highest BCUT2D eigenvalue weighted by Crippen LogP contribution is 2.26. The zero-order chi connectivity index (χ0) is 18.3. The molecule has 0 fully saturated rings. The molecule has 24 heavy (non-hydrogen) atoms. The molecule has 0 N–H and O–H groups in total. The highest BCUT2D eigenvalue weighted by Gasteiger charge is 2.37. The number of benzene rings is 1. The minimum atomic E-state index is -4.73. The summed E-state index contributed by atoms with van der Waals surface area (Å²) in [5.74, 6) is -2.38. The van der Waals surface area contributed by atoms with Crippen molar-refractivity contribution in [2.75, 3.05) is 13.0 Å². The van der Waals surface area contributed by atoms with Gasteiger partial charge in [-0.1, -0.05) is 26.0 Å². The highest BCUT2D eigenvalue weighted by molar-refractivity contribution is 6.29. The summed E-state index contributed by atoms with van der Waals surface area (Å²) in [6.45, 7) is 3.96. The molecule has 0 saturated heterocycles. The average molecular weight is 364 g/mol. The van der Waals surface area contributed by atoms with E-state index in [1.54, 1.807) is 24.3 Å². The largest absolute Gasteiger partial charge is 0.497 e. The Morgan fingerprint density at radius 2 is 1.83 bits per heavy atom. The summed E-state index contributed by atoms with van der Waals surface area (Å²) in [4.78, 5) is 14.9. The summed E-state index contributed by atoms with van der Waals surface area (Å²) in [5.41, 5.74) is 0.642. The first kappa shape index (κ1) is 20.0. The van der Waals surface area contributed by atoms with E-state index in [1.165, 1.54) is 7.11 Å². The molecule has 0 unspecified atom stereocenters. The number of Topliss-reactive ketones (excluding diaryl/α,β-unsaturated/α-hetero) is 1. The Morgan fingerprint density at radius 3 is 2.29 bits per heavy atom. The number of halogens is 4. The van der Waals surface area contributed by atoms with Gasteiger partial charge in [0.25, 0.3) is 5.82 Å². The second-order valence-electron chi connectivity index (χ2n) is 4.32. The highest BCUT2D eigenvalue weighted by atomic mass is 35.5. The number of hydrogen-bond acceptors (Lipinski definition) is 4. The fourth-order valence-corrected chi connectivity index (χ4v) is 1.86. The molecule has 0 spiro atoms. The Balaban J connectivity index is 0.00000139. The third kappa shape index (κ3) is 4.95. The number of methoxy groups -OCH3 is 1. The van der Waals surface area contributed by atoms with Crippen LogP contribution in [0.25, 0.3) is 0 Å². The van der Waals surface area contributed by atoms with Gasteiger partial charge in [-0.05, 0) is 17.7 Å². The van der Waals surface area contributed by atoms with E-state index in [2.05, 4.69) is 10.1 Å². The second kappa shape index (κ2) is 8.68. The summed E-state index contributed by atoms with van der Waals surface area (Å²) in [6.07, 6.45) is -4.73. The minimum absolute atomic E-state index is 0.0367. The molecule has 1 aromatic heterocycles. The van der Waals surface area contributed by atoms with Crippen LogP contribution in [0.2, 0.25) is 0 Å². The van der Waals surface area contributed by atoms with Gasteiger partial charge in [-0.3, -0.25) is 4.79 Å². The predicted octanol–water partition coefficient (Wildman–Crippen LogP) is 3.80. The average Bonchev–Trinajstić information content (AvgIpc) is 3.01. The lowest BCUT2D eigenvalue weighted by Crippen LogP contribution is -2.13. The summed E-state index contributed by atoms with van der Waals surface area (Å²) < 4.78 is 44.0. The standard InChI is InChI=1S/C13H11ClF3N3O2.C2H6/c1-22-9-4-2-8(3-5-9)7-20-11(10(21)6-14)18-12(19-20)13(15,16)17;1-2/h2-5H,6-7H2,1H3;1-2H3. The molecule has 0 radical (unpaired) electrons. The molecule has 2 aromatic rings. The smallest absolute Gasteiger partial charge is 0.453 e. The number of carbonyl (C=O) groups is 1. The normalized spacial score (nSPS) is 10.8. The monoisotopic (exact) mass is 363 g/mol. The van der Waals surface area contributed by atoms with Gasteiger partial charge in [0.05, 0.1) is 19.5 Å². The van der Waals surface area contributed by atoms with Crippen LogP contribution >= 0.6 is 11.6 Å². The van der Waals surface area contributed by atoms with E-state index in [0.717, 1.165) is 4.68 Å². The Morgan fingerprint density at radius 1 is 1.25 bits per heavy atom. The first-order valence-electron chi connectivity index (χ1n) is 7.09. The first-order chi connectivity index (χ1) is 11.3. The molecule has 5 nitrogen and oxygen atoms in total. The topological polar surface area (TPSA) is 57.0 Å². The van der Waals surface area contributed by atoms with Gasteiger partial charge in [0, 0.05) is 0 Å². The molecule has 2 rings (SSSR count). The molecular weight excluding hydrogens is 347 g/mol. The third-order valence-electron chi connectivity index (χ3n) is 2.79. The van der Waals surface area contributed by atoms with E-state index < -0.39 is 29.5 Å². The molecule has 0 aliphatic rings. The molecule has 0 atom stereocenters. The van der Waals surface area contributed by atoms with Gasteiger partial charge in [-0.2, -0.15) is 18.2 Å². The Bertz CT molecular complexity index is 670. The van der Waals surface area contributed by atoms with Crippen LogP contribution in [0, 0.1) is 0 Å². The van der Waals surface area contributed by atoms with Crippen LogP contribution < -0.4 is 4.74 Å². The van der Waals surface area contributed by atoms with Gasteiger partial charge in [0.1, 0.15) is 5.75 Å². The van der Waals surface area contributed by atoms with Crippen LogP contribution in [0.1, 0.15) is 35.9 Å². The number of carbonyl (C=O) groups excluding carboxylic acids is 1. The lowest BCUT2D eigenvalue weighted by Gasteiger charge is -2.05. The molecule has 0 aliphatic carbocycles. The third-order valence-corrected chi connectivity index (χ3v) is 3.03. The number of alkyl halides is 4. The molecule has 0 saturated carbocycles. The quantitative estimate of drug-likeness (QED) is 0.599. The van der Waals surface area contributed by atoms with Crippen LogP contribution in [0.4, 0.5) is 13.2 Å². The van der Waals surface area contributed by atoms with E-state index in [-0.39, 0.29) is 6.54 Å². The predicted molar refractivity (Wildman–Crippen MR) is 83.5 cm³/mol. The molecule has 1 aromatic carbocycles. The van der Waals surface area contributed by atoms with E-state index in [9.17, 15) is 18.0 Å². The lowest BCUT2D eigenvalue weighted by atomic mass is 10.2. The molecule has 9 heteroatoms. The Kier molecular flexibility index (Phi) is 7.21. The fraction of sp³-hybridized carbons (Fsp3) is 0.400. The fourth-order valence-electron chi connectivity index (χ4n) is 1.74. The van der Waals surface area contributed by atoms with Crippen LogP contribution in [0.3, 0.4) is 0 Å². The lowest BCUT2D eigenvalue weighted by molar-refractivity contribution is -0.145. The molecule has 0 bridgehead atoms. The van der Waals surface area contributed by atoms with Crippen molar-refractivity contribution in [2.24, 2.45) is 0 Å². The number of ether oxygens (including phenoxy) is 1. The second-order valence-corrected chi connectivity index (χ2v) is 4.59. The van der Waals surface area contributed by atoms with Gasteiger partial charge in [-0.25, -0.2) is 4.68 Å². The van der Waals surface area contributed by atoms with Gasteiger partial charge in [0.15, 0.2) is 5.82 Å². The number of nitrogens with zero attached hydrogens (tertiary/aromatic N) is 3. The maximum absolute atomic E-state index is 12.7.